The second kappa shape index (κ2) is 4.93. The van der Waals surface area contributed by atoms with Gasteiger partial charge in [-0.2, -0.15) is 0 Å². The highest BCUT2D eigenvalue weighted by Crippen LogP contribution is 2.54. The Bertz CT molecular complexity index is 1500. The first-order chi connectivity index (χ1) is 14.0. The summed E-state index contributed by atoms with van der Waals surface area (Å²) in [6.45, 7) is 0. The molecule has 4 heterocycles. The van der Waals surface area contributed by atoms with Crippen molar-refractivity contribution in [2.45, 2.75) is 0 Å². The highest BCUT2D eigenvalue weighted by Gasteiger charge is 2.28. The SMILES string of the molecule is Oc1c(O)c(O)c(-n2c3ccnc4c3c3c2cccc3n2cccc42)c(O)c1O. The molecule has 0 amide bonds. The molecular weight excluding hydrogens is 374 g/mol. The number of pyridine rings is 2. The Kier molecular flexibility index (Phi) is 2.67. The number of phenols is 5. The molecule has 0 radical (unpaired) electrons. The van der Waals surface area contributed by atoms with E-state index in [1.165, 1.54) is 4.57 Å². The van der Waals surface area contributed by atoms with Crippen LogP contribution in [0, 0.1) is 0 Å². The number of phenolic OH excluding ortho intramolecular Hbond substituents is 5. The van der Waals surface area contributed by atoms with Crippen LogP contribution in [0.2, 0.25) is 0 Å². The molecule has 6 rings (SSSR count). The summed E-state index contributed by atoms with van der Waals surface area (Å²) in [5.41, 5.74) is 3.54. The Morgan fingerprint density at radius 3 is 2.00 bits per heavy atom. The highest BCUT2D eigenvalue weighted by atomic mass is 16.4. The standard InChI is InChI=1S/C21H13N3O5/c25-17-16(18(26)20(28)21(29)19(17)27)24-10-4-1-3-9-13(10)14-11(24)6-7-22-15(14)12-5-2-8-23(9)12/h1-8,25-29H. The van der Waals surface area contributed by atoms with E-state index in [9.17, 15) is 25.5 Å². The van der Waals surface area contributed by atoms with E-state index >= 15 is 0 Å². The van der Waals surface area contributed by atoms with Crippen molar-refractivity contribution in [2.75, 3.05) is 0 Å². The van der Waals surface area contributed by atoms with Gasteiger partial charge in [0.1, 0.15) is 5.69 Å². The number of hydrogen-bond donors (Lipinski definition) is 5. The molecule has 6 aromatic rings. The van der Waals surface area contributed by atoms with Gasteiger partial charge < -0.3 is 34.5 Å². The third-order valence-electron chi connectivity index (χ3n) is 5.50. The van der Waals surface area contributed by atoms with Crippen molar-refractivity contribution >= 4 is 38.4 Å². The van der Waals surface area contributed by atoms with E-state index in [0.29, 0.717) is 11.0 Å². The lowest BCUT2D eigenvalue weighted by Gasteiger charge is -2.15. The largest absolute Gasteiger partial charge is 0.503 e. The molecule has 2 aromatic carbocycles. The molecule has 0 bridgehead atoms. The maximum Gasteiger partial charge on any atom is 0.208 e. The summed E-state index contributed by atoms with van der Waals surface area (Å²) < 4.78 is 3.54. The van der Waals surface area contributed by atoms with Crippen LogP contribution in [-0.2, 0) is 0 Å². The van der Waals surface area contributed by atoms with Crippen LogP contribution in [0.1, 0.15) is 0 Å². The normalized spacial score (nSPS) is 12.1. The molecule has 0 aliphatic heterocycles. The zero-order valence-corrected chi connectivity index (χ0v) is 14.7. The fourth-order valence-electron chi connectivity index (χ4n) is 4.29. The van der Waals surface area contributed by atoms with E-state index in [2.05, 4.69) is 4.98 Å². The molecule has 8 heteroatoms. The average Bonchev–Trinajstić information content (AvgIpc) is 3.35. The molecule has 0 spiro atoms. The van der Waals surface area contributed by atoms with Crippen LogP contribution in [0.4, 0.5) is 0 Å². The van der Waals surface area contributed by atoms with Gasteiger partial charge in [-0.1, -0.05) is 6.07 Å². The van der Waals surface area contributed by atoms with Crippen LogP contribution in [0.15, 0.2) is 48.8 Å². The second-order valence-electron chi connectivity index (χ2n) is 6.92. The summed E-state index contributed by atoms with van der Waals surface area (Å²) in [4.78, 5) is 4.54. The number of nitrogens with zero attached hydrogens (tertiary/aromatic N) is 3. The lowest BCUT2D eigenvalue weighted by Crippen LogP contribution is -1.96. The lowest BCUT2D eigenvalue weighted by atomic mass is 10.1. The van der Waals surface area contributed by atoms with Gasteiger partial charge in [-0.15, -0.1) is 0 Å². The molecule has 0 atom stereocenters. The van der Waals surface area contributed by atoms with Crippen molar-refractivity contribution in [3.05, 3.63) is 48.8 Å². The molecular formula is C21H13N3O5. The quantitative estimate of drug-likeness (QED) is 0.167. The summed E-state index contributed by atoms with van der Waals surface area (Å²) in [7, 11) is 0. The van der Waals surface area contributed by atoms with Gasteiger partial charge in [0.05, 0.1) is 27.6 Å². The Labute approximate surface area is 161 Å². The average molecular weight is 387 g/mol. The summed E-state index contributed by atoms with van der Waals surface area (Å²) >= 11 is 0. The number of aromatic hydroxyl groups is 5. The van der Waals surface area contributed by atoms with Crippen LogP contribution in [0.3, 0.4) is 0 Å². The number of aromatic nitrogens is 3. The third-order valence-corrected chi connectivity index (χ3v) is 5.50. The van der Waals surface area contributed by atoms with Crippen LogP contribution in [0.25, 0.3) is 44.0 Å². The maximum absolute atomic E-state index is 10.5. The van der Waals surface area contributed by atoms with Gasteiger partial charge in [0.2, 0.25) is 17.2 Å². The first-order valence-corrected chi connectivity index (χ1v) is 8.80. The van der Waals surface area contributed by atoms with Gasteiger partial charge in [0.25, 0.3) is 0 Å². The van der Waals surface area contributed by atoms with Crippen molar-refractivity contribution in [1.29, 1.82) is 0 Å². The highest BCUT2D eigenvalue weighted by molar-refractivity contribution is 6.25. The van der Waals surface area contributed by atoms with Crippen molar-refractivity contribution in [3.8, 4) is 34.4 Å². The van der Waals surface area contributed by atoms with Crippen molar-refractivity contribution in [3.63, 3.8) is 0 Å². The number of fused-ring (bicyclic) bond motifs is 3. The molecule has 142 valence electrons. The van der Waals surface area contributed by atoms with E-state index in [4.69, 9.17) is 0 Å². The second-order valence-corrected chi connectivity index (χ2v) is 6.92. The van der Waals surface area contributed by atoms with Crippen molar-refractivity contribution in [1.82, 2.24) is 14.0 Å². The van der Waals surface area contributed by atoms with Crippen LogP contribution in [-0.4, -0.2) is 39.5 Å². The van der Waals surface area contributed by atoms with E-state index in [0.717, 1.165) is 27.3 Å². The fourth-order valence-corrected chi connectivity index (χ4v) is 4.29. The molecule has 0 saturated heterocycles. The van der Waals surface area contributed by atoms with E-state index in [1.807, 2.05) is 34.9 Å². The fraction of sp³-hybridized carbons (Fsp3) is 0. The minimum atomic E-state index is -0.993. The summed E-state index contributed by atoms with van der Waals surface area (Å²) in [5.74, 6) is -4.33. The summed E-state index contributed by atoms with van der Waals surface area (Å²) in [6.07, 6.45) is 3.54. The number of benzene rings is 2. The Morgan fingerprint density at radius 2 is 1.24 bits per heavy atom. The van der Waals surface area contributed by atoms with Crippen molar-refractivity contribution in [2.24, 2.45) is 0 Å². The molecule has 5 N–H and O–H groups in total. The minimum absolute atomic E-state index is 0.237. The molecule has 0 unspecified atom stereocenters. The number of rotatable bonds is 1. The molecule has 8 nitrogen and oxygen atoms in total. The van der Waals surface area contributed by atoms with Gasteiger partial charge in [0.15, 0.2) is 11.5 Å². The Hall–Kier alpha value is -4.33. The number of hydrogen-bond acceptors (Lipinski definition) is 6. The summed E-state index contributed by atoms with van der Waals surface area (Å²) in [6, 6.07) is 11.2. The molecule has 4 aromatic heterocycles. The maximum atomic E-state index is 10.5. The zero-order valence-electron chi connectivity index (χ0n) is 14.7. The molecule has 0 saturated carbocycles. The van der Waals surface area contributed by atoms with Gasteiger partial charge in [-0.25, -0.2) is 0 Å². The monoisotopic (exact) mass is 387 g/mol. The van der Waals surface area contributed by atoms with E-state index in [-0.39, 0.29) is 5.69 Å². The first kappa shape index (κ1) is 15.7. The summed E-state index contributed by atoms with van der Waals surface area (Å²) in [5, 5.41) is 52.6. The van der Waals surface area contributed by atoms with Gasteiger partial charge >= 0.3 is 0 Å². The first-order valence-electron chi connectivity index (χ1n) is 8.80. The molecule has 29 heavy (non-hydrogen) atoms. The van der Waals surface area contributed by atoms with Crippen molar-refractivity contribution < 1.29 is 25.5 Å². The smallest absolute Gasteiger partial charge is 0.208 e. The van der Waals surface area contributed by atoms with Gasteiger partial charge in [-0.05, 0) is 30.3 Å². The molecule has 0 fully saturated rings. The van der Waals surface area contributed by atoms with E-state index < -0.39 is 28.7 Å². The van der Waals surface area contributed by atoms with Gasteiger partial charge in [-0.3, -0.25) is 4.98 Å². The molecule has 0 aliphatic carbocycles. The molecule has 0 aliphatic rings. The topological polar surface area (TPSA) is 123 Å². The van der Waals surface area contributed by atoms with E-state index in [1.54, 1.807) is 18.3 Å². The Morgan fingerprint density at radius 1 is 0.621 bits per heavy atom. The lowest BCUT2D eigenvalue weighted by molar-refractivity contribution is 0.327. The van der Waals surface area contributed by atoms with Crippen LogP contribution in [0.5, 0.6) is 28.7 Å². The van der Waals surface area contributed by atoms with Gasteiger partial charge in [0, 0.05) is 23.2 Å². The Balaban J connectivity index is 1.95. The predicted octanol–water partition coefficient (Wildman–Crippen LogP) is 3.55. The third kappa shape index (κ3) is 1.67. The minimum Gasteiger partial charge on any atom is -0.503 e. The predicted molar refractivity (Wildman–Crippen MR) is 107 cm³/mol. The van der Waals surface area contributed by atoms with Crippen LogP contribution >= 0.6 is 0 Å². The van der Waals surface area contributed by atoms with Crippen LogP contribution < -0.4 is 0 Å². The zero-order chi connectivity index (χ0) is 20.0.